The maximum absolute atomic E-state index is 5.81. The Morgan fingerprint density at radius 3 is 2.64 bits per heavy atom. The average Bonchev–Trinajstić information content (AvgIpc) is 2.18. The molecule has 0 radical (unpaired) electrons. The number of rotatable bonds is 5. The molecule has 2 N–H and O–H groups in total. The fraction of sp³-hybridized carbons (Fsp3) is 1.00. The zero-order valence-corrected chi connectivity index (χ0v) is 10.5. The molecule has 84 valence electrons. The first kappa shape index (κ1) is 12.4. The summed E-state index contributed by atoms with van der Waals surface area (Å²) in [5, 5.41) is 0.868. The second-order valence-electron chi connectivity index (χ2n) is 4.87. The van der Waals surface area contributed by atoms with Crippen LogP contribution in [-0.2, 0) is 0 Å². The molecule has 0 aliphatic heterocycles. The summed E-state index contributed by atoms with van der Waals surface area (Å²) < 4.78 is 0. The summed E-state index contributed by atoms with van der Waals surface area (Å²) >= 11 is 2.18. The Balaban J connectivity index is 2.19. The zero-order chi connectivity index (χ0) is 10.4. The Morgan fingerprint density at radius 2 is 2.00 bits per heavy atom. The number of nitrogens with two attached hydrogens (primary N) is 1. The van der Waals surface area contributed by atoms with Gasteiger partial charge in [-0.15, -0.1) is 0 Å². The normalized spacial score (nSPS) is 28.3. The molecule has 0 amide bonds. The first-order chi connectivity index (χ1) is 6.74. The highest BCUT2D eigenvalue weighted by Gasteiger charge is 2.23. The van der Waals surface area contributed by atoms with Crippen LogP contribution in [0.1, 0.15) is 46.0 Å². The Labute approximate surface area is 93.2 Å². The molecule has 0 aromatic carbocycles. The van der Waals surface area contributed by atoms with E-state index in [0.717, 1.165) is 23.6 Å². The summed E-state index contributed by atoms with van der Waals surface area (Å²) in [5.74, 6) is 2.99. The fourth-order valence-electron chi connectivity index (χ4n) is 2.12. The predicted octanol–water partition coefficient (Wildman–Crippen LogP) is 3.28. The van der Waals surface area contributed by atoms with Crippen LogP contribution in [0.15, 0.2) is 0 Å². The van der Waals surface area contributed by atoms with Crippen LogP contribution in [0.25, 0.3) is 0 Å². The monoisotopic (exact) mass is 215 g/mol. The molecule has 1 fully saturated rings. The Bertz CT molecular complexity index is 147. The average molecular weight is 215 g/mol. The second-order valence-corrected chi connectivity index (χ2v) is 6.22. The van der Waals surface area contributed by atoms with Gasteiger partial charge in [0.2, 0.25) is 0 Å². The minimum Gasteiger partial charge on any atom is -0.330 e. The third kappa shape index (κ3) is 4.22. The maximum atomic E-state index is 5.81. The highest BCUT2D eigenvalue weighted by molar-refractivity contribution is 7.99. The van der Waals surface area contributed by atoms with E-state index in [1.165, 1.54) is 37.9 Å². The summed E-state index contributed by atoms with van der Waals surface area (Å²) in [5.41, 5.74) is 5.81. The molecule has 2 unspecified atom stereocenters. The van der Waals surface area contributed by atoms with Crippen molar-refractivity contribution in [1.82, 2.24) is 0 Å². The van der Waals surface area contributed by atoms with Crippen LogP contribution >= 0.6 is 11.8 Å². The SMILES string of the molecule is CC(C)CCSC1CCCCC1CN. The van der Waals surface area contributed by atoms with E-state index in [1.54, 1.807) is 0 Å². The molecule has 1 aliphatic rings. The molecule has 2 heteroatoms. The van der Waals surface area contributed by atoms with Gasteiger partial charge >= 0.3 is 0 Å². The lowest BCUT2D eigenvalue weighted by molar-refractivity contribution is 0.378. The van der Waals surface area contributed by atoms with Gasteiger partial charge in [0.05, 0.1) is 0 Å². The lowest BCUT2D eigenvalue weighted by Gasteiger charge is -2.30. The van der Waals surface area contributed by atoms with Crippen LogP contribution in [0.5, 0.6) is 0 Å². The van der Waals surface area contributed by atoms with Crippen molar-refractivity contribution in [3.8, 4) is 0 Å². The standard InChI is InChI=1S/C12H25NS/c1-10(2)7-8-14-12-6-4-3-5-11(12)9-13/h10-12H,3-9,13H2,1-2H3. The molecule has 0 heterocycles. The van der Waals surface area contributed by atoms with Gasteiger partial charge in [0.25, 0.3) is 0 Å². The first-order valence-corrected chi connectivity index (χ1v) is 7.10. The van der Waals surface area contributed by atoms with Gasteiger partial charge in [-0.1, -0.05) is 26.7 Å². The van der Waals surface area contributed by atoms with Gasteiger partial charge in [-0.3, -0.25) is 0 Å². The molecule has 1 saturated carbocycles. The van der Waals surface area contributed by atoms with Crippen molar-refractivity contribution >= 4 is 11.8 Å². The smallest absolute Gasteiger partial charge is 0.00873 e. The molecular weight excluding hydrogens is 190 g/mol. The van der Waals surface area contributed by atoms with E-state index in [2.05, 4.69) is 25.6 Å². The maximum Gasteiger partial charge on any atom is 0.00873 e. The third-order valence-electron chi connectivity index (χ3n) is 3.17. The van der Waals surface area contributed by atoms with Crippen molar-refractivity contribution in [1.29, 1.82) is 0 Å². The minimum atomic E-state index is 0.806. The predicted molar refractivity (Wildman–Crippen MR) is 66.7 cm³/mol. The molecule has 0 spiro atoms. The van der Waals surface area contributed by atoms with Gasteiger partial charge in [-0.05, 0) is 43.4 Å². The third-order valence-corrected chi connectivity index (χ3v) is 4.69. The van der Waals surface area contributed by atoms with Crippen LogP contribution in [0, 0.1) is 11.8 Å². The van der Waals surface area contributed by atoms with Gasteiger partial charge in [0.1, 0.15) is 0 Å². The lowest BCUT2D eigenvalue weighted by atomic mass is 9.89. The van der Waals surface area contributed by atoms with Crippen molar-refractivity contribution in [3.63, 3.8) is 0 Å². The molecular formula is C12H25NS. The molecule has 0 saturated heterocycles. The number of thioether (sulfide) groups is 1. The highest BCUT2D eigenvalue weighted by atomic mass is 32.2. The van der Waals surface area contributed by atoms with E-state index in [1.807, 2.05) is 0 Å². The van der Waals surface area contributed by atoms with E-state index in [4.69, 9.17) is 5.73 Å². The summed E-state index contributed by atoms with van der Waals surface area (Å²) in [6.45, 7) is 5.52. The second kappa shape index (κ2) is 6.73. The van der Waals surface area contributed by atoms with Gasteiger partial charge in [0, 0.05) is 5.25 Å². The summed E-state index contributed by atoms with van der Waals surface area (Å²) in [7, 11) is 0. The van der Waals surface area contributed by atoms with Gasteiger partial charge in [-0.25, -0.2) is 0 Å². The van der Waals surface area contributed by atoms with E-state index in [9.17, 15) is 0 Å². The fourth-order valence-corrected chi connectivity index (χ4v) is 3.88. The molecule has 0 bridgehead atoms. The van der Waals surface area contributed by atoms with E-state index in [0.29, 0.717) is 0 Å². The van der Waals surface area contributed by atoms with E-state index in [-0.39, 0.29) is 0 Å². The summed E-state index contributed by atoms with van der Waals surface area (Å²) in [6.07, 6.45) is 6.97. The van der Waals surface area contributed by atoms with E-state index < -0.39 is 0 Å². The van der Waals surface area contributed by atoms with E-state index >= 15 is 0 Å². The zero-order valence-electron chi connectivity index (χ0n) is 9.67. The largest absolute Gasteiger partial charge is 0.330 e. The van der Waals surface area contributed by atoms with Crippen molar-refractivity contribution in [2.75, 3.05) is 12.3 Å². The lowest BCUT2D eigenvalue weighted by Crippen LogP contribution is -2.29. The van der Waals surface area contributed by atoms with Gasteiger partial charge < -0.3 is 5.73 Å². The molecule has 1 rings (SSSR count). The van der Waals surface area contributed by atoms with Crippen LogP contribution in [0.4, 0.5) is 0 Å². The molecule has 0 aromatic rings. The number of hydrogen-bond donors (Lipinski definition) is 1. The van der Waals surface area contributed by atoms with Crippen LogP contribution in [-0.4, -0.2) is 17.5 Å². The van der Waals surface area contributed by atoms with Crippen molar-refractivity contribution < 1.29 is 0 Å². The molecule has 1 aliphatic carbocycles. The topological polar surface area (TPSA) is 26.0 Å². The van der Waals surface area contributed by atoms with Crippen molar-refractivity contribution in [3.05, 3.63) is 0 Å². The van der Waals surface area contributed by atoms with Crippen molar-refractivity contribution in [2.45, 2.75) is 51.2 Å². The van der Waals surface area contributed by atoms with Crippen LogP contribution < -0.4 is 5.73 Å². The molecule has 2 atom stereocenters. The highest BCUT2D eigenvalue weighted by Crippen LogP contribution is 2.33. The Hall–Kier alpha value is 0.310. The van der Waals surface area contributed by atoms with Crippen molar-refractivity contribution in [2.24, 2.45) is 17.6 Å². The van der Waals surface area contributed by atoms with Gasteiger partial charge in [-0.2, -0.15) is 11.8 Å². The Morgan fingerprint density at radius 1 is 1.29 bits per heavy atom. The summed E-state index contributed by atoms with van der Waals surface area (Å²) in [6, 6.07) is 0. The molecule has 14 heavy (non-hydrogen) atoms. The molecule has 0 aromatic heterocycles. The number of hydrogen-bond acceptors (Lipinski definition) is 2. The van der Waals surface area contributed by atoms with Crippen LogP contribution in [0.3, 0.4) is 0 Å². The Kier molecular flexibility index (Phi) is 5.95. The quantitative estimate of drug-likeness (QED) is 0.761. The first-order valence-electron chi connectivity index (χ1n) is 6.05. The molecule has 1 nitrogen and oxygen atoms in total. The minimum absolute atomic E-state index is 0.806. The summed E-state index contributed by atoms with van der Waals surface area (Å²) in [4.78, 5) is 0. The van der Waals surface area contributed by atoms with Gasteiger partial charge in [0.15, 0.2) is 0 Å². The van der Waals surface area contributed by atoms with Crippen LogP contribution in [0.2, 0.25) is 0 Å².